The van der Waals surface area contributed by atoms with E-state index in [1.807, 2.05) is 45.0 Å². The minimum atomic E-state index is 0.0817. The monoisotopic (exact) mass is 308 g/mol. The number of halogens is 1. The Morgan fingerprint density at radius 1 is 1.33 bits per heavy atom. The fraction of sp³-hybridized carbons (Fsp3) is 0.357. The van der Waals surface area contributed by atoms with Crippen LogP contribution in [-0.4, -0.2) is 9.78 Å². The summed E-state index contributed by atoms with van der Waals surface area (Å²) in [6.45, 7) is 6.60. The summed E-state index contributed by atoms with van der Waals surface area (Å²) in [5.74, 6) is 0.245. The van der Waals surface area contributed by atoms with Gasteiger partial charge < -0.3 is 0 Å². The van der Waals surface area contributed by atoms with Gasteiger partial charge in [-0.3, -0.25) is 9.89 Å². The molecule has 96 valence electrons. The molecule has 0 atom stereocenters. The Balaban J connectivity index is 2.40. The van der Waals surface area contributed by atoms with E-state index in [4.69, 9.17) is 0 Å². The maximum absolute atomic E-state index is 12.3. The Kier molecular flexibility index (Phi) is 3.76. The molecule has 0 aliphatic carbocycles. The van der Waals surface area contributed by atoms with Gasteiger partial charge in [-0.25, -0.2) is 4.68 Å². The number of aromatic nitrogens is 2. The average Bonchev–Trinajstić information content (AvgIpc) is 2.57. The maximum Gasteiger partial charge on any atom is 0.270 e. The molecule has 0 saturated heterocycles. The molecule has 0 bridgehead atoms. The molecule has 0 saturated carbocycles. The second-order valence-corrected chi connectivity index (χ2v) is 5.64. The summed E-state index contributed by atoms with van der Waals surface area (Å²) in [5.41, 5.74) is 3.01. The van der Waals surface area contributed by atoms with E-state index in [1.54, 1.807) is 4.68 Å². The third-order valence-corrected chi connectivity index (χ3v) is 3.82. The highest BCUT2D eigenvalue weighted by Crippen LogP contribution is 2.18. The van der Waals surface area contributed by atoms with Crippen molar-refractivity contribution in [3.05, 3.63) is 55.9 Å². The number of rotatable bonds is 3. The second-order valence-electron chi connectivity index (χ2n) is 4.79. The summed E-state index contributed by atoms with van der Waals surface area (Å²) in [6.07, 6.45) is 0. The van der Waals surface area contributed by atoms with Crippen LogP contribution in [0.15, 0.2) is 33.5 Å². The predicted octanol–water partition coefficient (Wildman–Crippen LogP) is 3.42. The zero-order chi connectivity index (χ0) is 13.3. The van der Waals surface area contributed by atoms with E-state index >= 15 is 0 Å². The standard InChI is InChI=1S/C14H17BrN2O/c1-9(2)13-10(3)16-17(14(13)18)8-11-6-4-5-7-12(11)15/h4-7,9,16H,8H2,1-3H3. The van der Waals surface area contributed by atoms with Crippen molar-refractivity contribution in [2.24, 2.45) is 0 Å². The summed E-state index contributed by atoms with van der Waals surface area (Å²) >= 11 is 3.50. The Labute approximate surface area is 115 Å². The van der Waals surface area contributed by atoms with E-state index in [1.165, 1.54) is 0 Å². The lowest BCUT2D eigenvalue weighted by molar-refractivity contribution is 0.653. The molecule has 2 aromatic rings. The molecule has 0 amide bonds. The number of nitrogens with zero attached hydrogens (tertiary/aromatic N) is 1. The van der Waals surface area contributed by atoms with Crippen molar-refractivity contribution in [2.75, 3.05) is 0 Å². The molecule has 0 aliphatic heterocycles. The first-order chi connectivity index (χ1) is 8.50. The molecule has 0 aliphatic rings. The summed E-state index contributed by atoms with van der Waals surface area (Å²) in [6, 6.07) is 7.95. The van der Waals surface area contributed by atoms with Crippen LogP contribution in [0.4, 0.5) is 0 Å². The van der Waals surface area contributed by atoms with Crippen LogP contribution in [0.1, 0.15) is 36.6 Å². The number of nitrogens with one attached hydrogen (secondary N) is 1. The molecule has 0 unspecified atom stereocenters. The lowest BCUT2D eigenvalue weighted by Crippen LogP contribution is -2.20. The van der Waals surface area contributed by atoms with Crippen molar-refractivity contribution < 1.29 is 0 Å². The molecule has 0 radical (unpaired) electrons. The van der Waals surface area contributed by atoms with E-state index in [-0.39, 0.29) is 11.5 Å². The number of aryl methyl sites for hydroxylation is 1. The highest BCUT2D eigenvalue weighted by atomic mass is 79.9. The van der Waals surface area contributed by atoms with Gasteiger partial charge in [-0.05, 0) is 24.5 Å². The molecule has 1 aromatic heterocycles. The molecule has 1 heterocycles. The van der Waals surface area contributed by atoms with E-state index < -0.39 is 0 Å². The largest absolute Gasteiger partial charge is 0.299 e. The van der Waals surface area contributed by atoms with E-state index in [2.05, 4.69) is 21.0 Å². The van der Waals surface area contributed by atoms with Crippen molar-refractivity contribution in [1.82, 2.24) is 9.78 Å². The van der Waals surface area contributed by atoms with Gasteiger partial charge in [0.05, 0.1) is 6.54 Å². The van der Waals surface area contributed by atoms with Crippen LogP contribution >= 0.6 is 15.9 Å². The van der Waals surface area contributed by atoms with Crippen LogP contribution in [-0.2, 0) is 6.54 Å². The molecule has 0 fully saturated rings. The van der Waals surface area contributed by atoms with Gasteiger partial charge in [-0.1, -0.05) is 48.0 Å². The molecule has 4 heteroatoms. The van der Waals surface area contributed by atoms with Crippen LogP contribution in [0.25, 0.3) is 0 Å². The van der Waals surface area contributed by atoms with Crippen molar-refractivity contribution in [2.45, 2.75) is 33.2 Å². The smallest absolute Gasteiger partial charge is 0.270 e. The van der Waals surface area contributed by atoms with Crippen LogP contribution in [0.3, 0.4) is 0 Å². The quantitative estimate of drug-likeness (QED) is 0.927. The van der Waals surface area contributed by atoms with Gasteiger partial charge >= 0.3 is 0 Å². The Bertz CT molecular complexity index is 610. The average molecular weight is 309 g/mol. The predicted molar refractivity (Wildman–Crippen MR) is 77.1 cm³/mol. The molecule has 18 heavy (non-hydrogen) atoms. The Morgan fingerprint density at radius 3 is 2.56 bits per heavy atom. The number of H-pyrrole nitrogens is 1. The fourth-order valence-electron chi connectivity index (χ4n) is 2.21. The van der Waals surface area contributed by atoms with Crippen molar-refractivity contribution in [3.63, 3.8) is 0 Å². The van der Waals surface area contributed by atoms with Gasteiger partial charge in [0.15, 0.2) is 0 Å². The molecular weight excluding hydrogens is 292 g/mol. The Hall–Kier alpha value is -1.29. The first kappa shape index (κ1) is 13.1. The maximum atomic E-state index is 12.3. The fourth-order valence-corrected chi connectivity index (χ4v) is 2.62. The van der Waals surface area contributed by atoms with Gasteiger partial charge in [-0.15, -0.1) is 0 Å². The molecule has 2 rings (SSSR count). The minimum absolute atomic E-state index is 0.0817. The number of hydrogen-bond acceptors (Lipinski definition) is 1. The molecule has 3 nitrogen and oxygen atoms in total. The van der Waals surface area contributed by atoms with Crippen LogP contribution in [0, 0.1) is 6.92 Å². The van der Waals surface area contributed by atoms with Crippen molar-refractivity contribution >= 4 is 15.9 Å². The first-order valence-corrected chi connectivity index (χ1v) is 6.82. The van der Waals surface area contributed by atoms with Gasteiger partial charge in [0.1, 0.15) is 0 Å². The van der Waals surface area contributed by atoms with E-state index in [9.17, 15) is 4.79 Å². The molecule has 0 spiro atoms. The minimum Gasteiger partial charge on any atom is -0.299 e. The number of hydrogen-bond donors (Lipinski definition) is 1. The highest BCUT2D eigenvalue weighted by Gasteiger charge is 2.14. The van der Waals surface area contributed by atoms with Gasteiger partial charge in [-0.2, -0.15) is 0 Å². The molecule has 1 aromatic carbocycles. The summed E-state index contributed by atoms with van der Waals surface area (Å²) in [4.78, 5) is 12.3. The highest BCUT2D eigenvalue weighted by molar-refractivity contribution is 9.10. The van der Waals surface area contributed by atoms with E-state index in [0.717, 1.165) is 21.3 Å². The number of benzene rings is 1. The topological polar surface area (TPSA) is 37.8 Å². The number of aromatic amines is 1. The summed E-state index contributed by atoms with van der Waals surface area (Å²) in [7, 11) is 0. The van der Waals surface area contributed by atoms with Crippen LogP contribution in [0.5, 0.6) is 0 Å². The molecule has 1 N–H and O–H groups in total. The van der Waals surface area contributed by atoms with Gasteiger partial charge in [0, 0.05) is 15.7 Å². The van der Waals surface area contributed by atoms with Gasteiger partial charge in [0.2, 0.25) is 0 Å². The SMILES string of the molecule is Cc1[nH]n(Cc2ccccc2Br)c(=O)c1C(C)C. The Morgan fingerprint density at radius 2 is 2.00 bits per heavy atom. The summed E-state index contributed by atoms with van der Waals surface area (Å²) in [5, 5.41) is 3.15. The van der Waals surface area contributed by atoms with Crippen LogP contribution < -0.4 is 5.56 Å². The van der Waals surface area contributed by atoms with Gasteiger partial charge in [0.25, 0.3) is 5.56 Å². The normalized spacial score (nSPS) is 11.2. The zero-order valence-electron chi connectivity index (χ0n) is 10.8. The first-order valence-electron chi connectivity index (χ1n) is 6.03. The molecular formula is C14H17BrN2O. The van der Waals surface area contributed by atoms with Crippen LogP contribution in [0.2, 0.25) is 0 Å². The lowest BCUT2D eigenvalue weighted by Gasteiger charge is -2.04. The second kappa shape index (κ2) is 5.14. The lowest BCUT2D eigenvalue weighted by atomic mass is 10.1. The third-order valence-electron chi connectivity index (χ3n) is 3.05. The summed E-state index contributed by atoms with van der Waals surface area (Å²) < 4.78 is 2.69. The van der Waals surface area contributed by atoms with Crippen molar-refractivity contribution in [3.8, 4) is 0 Å². The third kappa shape index (κ3) is 2.43. The zero-order valence-corrected chi connectivity index (χ0v) is 12.4. The van der Waals surface area contributed by atoms with E-state index in [0.29, 0.717) is 6.54 Å². The van der Waals surface area contributed by atoms with Crippen molar-refractivity contribution in [1.29, 1.82) is 0 Å².